The number of benzene rings is 2. The van der Waals surface area contributed by atoms with Crippen LogP contribution in [0.2, 0.25) is 0 Å². The van der Waals surface area contributed by atoms with E-state index >= 15 is 0 Å². The monoisotopic (exact) mass is 381 g/mol. The van der Waals surface area contributed by atoms with Crippen LogP contribution in [0, 0.1) is 5.82 Å². The maximum absolute atomic E-state index is 14.4. The van der Waals surface area contributed by atoms with Crippen LogP contribution < -0.4 is 4.90 Å². The topological polar surface area (TPSA) is 85.5 Å². The molecule has 2 aromatic carbocycles. The summed E-state index contributed by atoms with van der Waals surface area (Å²) in [5, 5.41) is 3.89. The minimum Gasteiger partial charge on any atom is -0.465 e. The Morgan fingerprint density at radius 1 is 1.25 bits per heavy atom. The van der Waals surface area contributed by atoms with Gasteiger partial charge >= 0.3 is 5.97 Å². The lowest BCUT2D eigenvalue weighted by Crippen LogP contribution is -2.23. The third kappa shape index (κ3) is 3.24. The van der Waals surface area contributed by atoms with Gasteiger partial charge in [0.15, 0.2) is 0 Å². The number of nitrogens with zero attached hydrogens (tertiary/aromatic N) is 3. The van der Waals surface area contributed by atoms with Crippen LogP contribution in [0.1, 0.15) is 23.2 Å². The summed E-state index contributed by atoms with van der Waals surface area (Å²) in [6, 6.07) is 10.9. The lowest BCUT2D eigenvalue weighted by atomic mass is 10.1. The van der Waals surface area contributed by atoms with E-state index in [0.29, 0.717) is 29.8 Å². The molecule has 28 heavy (non-hydrogen) atoms. The summed E-state index contributed by atoms with van der Waals surface area (Å²) in [6.07, 6.45) is 1.25. The molecule has 0 spiro atoms. The lowest BCUT2D eigenvalue weighted by molar-refractivity contribution is -0.117. The first-order valence-corrected chi connectivity index (χ1v) is 8.69. The van der Waals surface area contributed by atoms with Gasteiger partial charge in [-0.1, -0.05) is 17.3 Å². The lowest BCUT2D eigenvalue weighted by Gasteiger charge is -2.16. The zero-order valence-corrected chi connectivity index (χ0v) is 15.0. The number of aromatic nitrogens is 2. The Morgan fingerprint density at radius 3 is 2.86 bits per heavy atom. The standard InChI is InChI=1S/C20H16FN3O4/c1-27-20(26)13-5-2-4-12(10-13)18-22-19(28-23-18)15-11-14(7-8-16(15)21)24-9-3-6-17(24)25/h2,4-5,7-8,10-11H,3,6,9H2,1H3. The fraction of sp³-hybridized carbons (Fsp3) is 0.200. The molecule has 4 rings (SSSR count). The summed E-state index contributed by atoms with van der Waals surface area (Å²) in [6.45, 7) is 0.597. The van der Waals surface area contributed by atoms with Gasteiger partial charge in [-0.25, -0.2) is 9.18 Å². The predicted octanol–water partition coefficient (Wildman–Crippen LogP) is 3.46. The van der Waals surface area contributed by atoms with Crippen molar-refractivity contribution in [3.05, 3.63) is 53.8 Å². The molecule has 1 aliphatic rings. The van der Waals surface area contributed by atoms with E-state index in [0.717, 1.165) is 6.42 Å². The quantitative estimate of drug-likeness (QED) is 0.644. The zero-order chi connectivity index (χ0) is 19.7. The summed E-state index contributed by atoms with van der Waals surface area (Å²) in [5.74, 6) is -0.816. The van der Waals surface area contributed by atoms with Crippen molar-refractivity contribution in [2.75, 3.05) is 18.6 Å². The van der Waals surface area contributed by atoms with Gasteiger partial charge in [0.05, 0.1) is 18.2 Å². The minimum atomic E-state index is -0.533. The van der Waals surface area contributed by atoms with Crippen LogP contribution in [-0.2, 0) is 9.53 Å². The number of hydrogen-bond donors (Lipinski definition) is 0. The van der Waals surface area contributed by atoms with Gasteiger partial charge < -0.3 is 14.2 Å². The molecule has 0 radical (unpaired) electrons. The molecule has 8 heteroatoms. The number of carbonyl (C=O) groups is 2. The summed E-state index contributed by atoms with van der Waals surface area (Å²) in [7, 11) is 1.29. The Bertz CT molecular complexity index is 1060. The van der Waals surface area contributed by atoms with E-state index in [-0.39, 0.29) is 23.2 Å². The second-order valence-electron chi connectivity index (χ2n) is 6.31. The maximum Gasteiger partial charge on any atom is 0.337 e. The van der Waals surface area contributed by atoms with E-state index in [1.807, 2.05) is 0 Å². The summed E-state index contributed by atoms with van der Waals surface area (Å²) < 4.78 is 24.3. The van der Waals surface area contributed by atoms with Crippen molar-refractivity contribution in [3.63, 3.8) is 0 Å². The van der Waals surface area contributed by atoms with Crippen molar-refractivity contribution in [2.45, 2.75) is 12.8 Å². The van der Waals surface area contributed by atoms with Crippen molar-refractivity contribution >= 4 is 17.6 Å². The van der Waals surface area contributed by atoms with Gasteiger partial charge in [-0.2, -0.15) is 4.98 Å². The van der Waals surface area contributed by atoms with Gasteiger partial charge in [-0.3, -0.25) is 4.79 Å². The first-order chi connectivity index (χ1) is 13.6. The van der Waals surface area contributed by atoms with Crippen molar-refractivity contribution in [3.8, 4) is 22.8 Å². The van der Waals surface area contributed by atoms with Gasteiger partial charge in [0.1, 0.15) is 5.82 Å². The molecule has 0 saturated carbocycles. The largest absolute Gasteiger partial charge is 0.465 e. The van der Waals surface area contributed by atoms with Gasteiger partial charge in [-0.15, -0.1) is 0 Å². The maximum atomic E-state index is 14.4. The molecule has 1 amide bonds. The molecule has 0 atom stereocenters. The van der Waals surface area contributed by atoms with E-state index in [9.17, 15) is 14.0 Å². The van der Waals surface area contributed by atoms with Gasteiger partial charge in [0.25, 0.3) is 5.89 Å². The van der Waals surface area contributed by atoms with E-state index in [2.05, 4.69) is 10.1 Å². The Kier molecular flexibility index (Phi) is 4.60. The molecule has 1 fully saturated rings. The number of ether oxygens (including phenoxy) is 1. The fourth-order valence-corrected chi connectivity index (χ4v) is 3.12. The predicted molar refractivity (Wildman–Crippen MR) is 98.1 cm³/mol. The number of anilines is 1. The third-order valence-electron chi connectivity index (χ3n) is 4.53. The first kappa shape index (κ1) is 17.8. The van der Waals surface area contributed by atoms with E-state index in [1.54, 1.807) is 35.2 Å². The van der Waals surface area contributed by atoms with E-state index in [1.165, 1.54) is 19.2 Å². The minimum absolute atomic E-state index is 0.00315. The van der Waals surface area contributed by atoms with Crippen molar-refractivity contribution in [1.29, 1.82) is 0 Å². The van der Waals surface area contributed by atoms with Crippen LogP contribution in [0.3, 0.4) is 0 Å². The zero-order valence-electron chi connectivity index (χ0n) is 15.0. The van der Waals surface area contributed by atoms with Crippen molar-refractivity contribution in [1.82, 2.24) is 10.1 Å². The van der Waals surface area contributed by atoms with Crippen molar-refractivity contribution < 1.29 is 23.2 Å². The average molecular weight is 381 g/mol. The number of rotatable bonds is 4. The molecule has 1 aliphatic heterocycles. The van der Waals surface area contributed by atoms with Crippen LogP contribution in [0.15, 0.2) is 47.0 Å². The van der Waals surface area contributed by atoms with Crippen LogP contribution in [0.5, 0.6) is 0 Å². The second kappa shape index (κ2) is 7.22. The Balaban J connectivity index is 1.68. The van der Waals surface area contributed by atoms with Gasteiger partial charge in [-0.05, 0) is 36.8 Å². The van der Waals surface area contributed by atoms with Crippen LogP contribution in [-0.4, -0.2) is 35.7 Å². The second-order valence-corrected chi connectivity index (χ2v) is 6.31. The number of hydrogen-bond acceptors (Lipinski definition) is 6. The van der Waals surface area contributed by atoms with E-state index < -0.39 is 11.8 Å². The molecule has 142 valence electrons. The number of esters is 1. The fourth-order valence-electron chi connectivity index (χ4n) is 3.12. The summed E-state index contributed by atoms with van der Waals surface area (Å²) in [4.78, 5) is 29.5. The molecule has 0 bridgehead atoms. The van der Waals surface area contributed by atoms with Gasteiger partial charge in [0.2, 0.25) is 11.7 Å². The highest BCUT2D eigenvalue weighted by Crippen LogP contribution is 2.30. The number of amides is 1. The smallest absolute Gasteiger partial charge is 0.337 e. The number of methoxy groups -OCH3 is 1. The molecule has 0 aliphatic carbocycles. The molecule has 7 nitrogen and oxygen atoms in total. The molecule has 0 unspecified atom stereocenters. The molecule has 1 aromatic heterocycles. The van der Waals surface area contributed by atoms with Gasteiger partial charge in [0, 0.05) is 24.2 Å². The normalized spacial score (nSPS) is 13.8. The molecule has 3 aromatic rings. The Morgan fingerprint density at radius 2 is 2.11 bits per heavy atom. The summed E-state index contributed by atoms with van der Waals surface area (Å²) >= 11 is 0. The highest BCUT2D eigenvalue weighted by Gasteiger charge is 2.24. The summed E-state index contributed by atoms with van der Waals surface area (Å²) in [5.41, 5.74) is 1.57. The average Bonchev–Trinajstić information content (AvgIpc) is 3.37. The molecule has 1 saturated heterocycles. The van der Waals surface area contributed by atoms with Crippen molar-refractivity contribution in [2.24, 2.45) is 0 Å². The highest BCUT2D eigenvalue weighted by molar-refractivity contribution is 5.95. The molecule has 2 heterocycles. The SMILES string of the molecule is COC(=O)c1cccc(-c2noc(-c3cc(N4CCCC4=O)ccc3F)n2)c1. The number of carbonyl (C=O) groups excluding carboxylic acids is 2. The van der Waals surface area contributed by atoms with Crippen LogP contribution in [0.4, 0.5) is 10.1 Å². The van der Waals surface area contributed by atoms with E-state index in [4.69, 9.17) is 9.26 Å². The Hall–Kier alpha value is -3.55. The van der Waals surface area contributed by atoms with Crippen LogP contribution in [0.25, 0.3) is 22.8 Å². The first-order valence-electron chi connectivity index (χ1n) is 8.69. The number of halogens is 1. The highest BCUT2D eigenvalue weighted by atomic mass is 19.1. The molecule has 0 N–H and O–H groups in total. The molecular formula is C20H16FN3O4. The van der Waals surface area contributed by atoms with Crippen LogP contribution >= 0.6 is 0 Å². The third-order valence-corrected chi connectivity index (χ3v) is 4.53. The molecular weight excluding hydrogens is 365 g/mol. The Labute approximate surface area is 159 Å².